The van der Waals surface area contributed by atoms with Gasteiger partial charge in [-0.25, -0.2) is 5.43 Å². The van der Waals surface area contributed by atoms with Crippen LogP contribution in [0.4, 0.5) is 11.4 Å². The van der Waals surface area contributed by atoms with Crippen LogP contribution in [0.1, 0.15) is 16.7 Å². The Labute approximate surface area is 202 Å². The SMILES string of the molecule is Cc1cccc(NC(=O)C(=O)N/N=C\c2cccc(OCC(=O)Nc3cccc(Cl)c3C)c2)c1. The van der Waals surface area contributed by atoms with Crippen LogP contribution in [0, 0.1) is 13.8 Å². The molecular weight excluding hydrogens is 456 g/mol. The number of carbonyl (C=O) groups excluding carboxylic acids is 3. The van der Waals surface area contributed by atoms with Crippen molar-refractivity contribution in [2.24, 2.45) is 5.10 Å². The Kier molecular flexibility index (Phi) is 8.37. The molecule has 3 aromatic rings. The highest BCUT2D eigenvalue weighted by Crippen LogP contribution is 2.23. The van der Waals surface area contributed by atoms with Gasteiger partial charge in [0.2, 0.25) is 0 Å². The van der Waals surface area contributed by atoms with Crippen molar-refractivity contribution in [1.82, 2.24) is 5.43 Å². The summed E-state index contributed by atoms with van der Waals surface area (Å²) < 4.78 is 5.53. The molecule has 0 radical (unpaired) electrons. The third-order valence-corrected chi connectivity index (χ3v) is 5.04. The standard InChI is InChI=1S/C25H23ClN4O4/c1-16-6-3-8-19(12-16)28-24(32)25(33)30-27-14-18-7-4-9-20(13-18)34-15-23(31)29-22-11-5-10-21(26)17(22)2/h3-14H,15H2,1-2H3,(H,28,32)(H,29,31)(H,30,33)/b27-14-. The summed E-state index contributed by atoms with van der Waals surface area (Å²) >= 11 is 6.06. The lowest BCUT2D eigenvalue weighted by molar-refractivity contribution is -0.136. The van der Waals surface area contributed by atoms with Crippen LogP contribution in [0.2, 0.25) is 5.02 Å². The first-order valence-corrected chi connectivity index (χ1v) is 10.7. The number of nitrogens with zero attached hydrogens (tertiary/aromatic N) is 1. The highest BCUT2D eigenvalue weighted by Gasteiger charge is 2.13. The molecule has 0 aliphatic carbocycles. The molecule has 0 unspecified atom stereocenters. The van der Waals surface area contributed by atoms with Crippen LogP contribution in [-0.4, -0.2) is 30.5 Å². The second-order valence-electron chi connectivity index (χ2n) is 7.34. The summed E-state index contributed by atoms with van der Waals surface area (Å²) in [5, 5.41) is 9.61. The van der Waals surface area contributed by atoms with Crippen LogP contribution >= 0.6 is 11.6 Å². The number of hydrogen-bond acceptors (Lipinski definition) is 5. The molecule has 3 amide bonds. The molecule has 0 fully saturated rings. The first-order valence-electron chi connectivity index (χ1n) is 10.3. The Hall–Kier alpha value is -4.17. The lowest BCUT2D eigenvalue weighted by atomic mass is 10.2. The van der Waals surface area contributed by atoms with E-state index in [-0.39, 0.29) is 12.5 Å². The van der Waals surface area contributed by atoms with Gasteiger partial charge in [-0.15, -0.1) is 0 Å². The Balaban J connectivity index is 1.49. The Morgan fingerprint density at radius 2 is 1.71 bits per heavy atom. The first-order chi connectivity index (χ1) is 16.3. The number of ether oxygens (including phenoxy) is 1. The third kappa shape index (κ3) is 7.18. The lowest BCUT2D eigenvalue weighted by Crippen LogP contribution is -2.32. The number of anilines is 2. The molecule has 174 valence electrons. The largest absolute Gasteiger partial charge is 0.484 e. The average Bonchev–Trinajstić information content (AvgIpc) is 2.81. The molecule has 0 saturated heterocycles. The summed E-state index contributed by atoms with van der Waals surface area (Å²) in [4.78, 5) is 36.1. The van der Waals surface area contributed by atoms with Gasteiger partial charge in [-0.2, -0.15) is 5.10 Å². The molecule has 0 bridgehead atoms. The van der Waals surface area contributed by atoms with Gasteiger partial charge in [0.05, 0.1) is 6.21 Å². The molecule has 0 aromatic heterocycles. The minimum absolute atomic E-state index is 0.206. The molecule has 9 heteroatoms. The highest BCUT2D eigenvalue weighted by molar-refractivity contribution is 6.39. The van der Waals surface area contributed by atoms with Gasteiger partial charge in [0.15, 0.2) is 6.61 Å². The Morgan fingerprint density at radius 1 is 0.941 bits per heavy atom. The van der Waals surface area contributed by atoms with Crippen molar-refractivity contribution in [1.29, 1.82) is 0 Å². The zero-order valence-corrected chi connectivity index (χ0v) is 19.3. The summed E-state index contributed by atoms with van der Waals surface area (Å²) in [6.07, 6.45) is 1.36. The van der Waals surface area contributed by atoms with Crippen LogP contribution in [0.3, 0.4) is 0 Å². The number of carbonyl (C=O) groups is 3. The van der Waals surface area contributed by atoms with E-state index in [0.29, 0.717) is 27.7 Å². The van der Waals surface area contributed by atoms with E-state index in [1.54, 1.807) is 60.7 Å². The van der Waals surface area contributed by atoms with E-state index in [9.17, 15) is 14.4 Å². The molecule has 34 heavy (non-hydrogen) atoms. The van der Waals surface area contributed by atoms with E-state index in [2.05, 4.69) is 21.2 Å². The number of amides is 3. The molecule has 0 saturated carbocycles. The topological polar surface area (TPSA) is 109 Å². The molecule has 0 heterocycles. The number of rotatable bonds is 7. The number of hydrazone groups is 1. The Morgan fingerprint density at radius 3 is 2.50 bits per heavy atom. The highest BCUT2D eigenvalue weighted by atomic mass is 35.5. The summed E-state index contributed by atoms with van der Waals surface area (Å²) in [5.41, 5.74) is 5.63. The van der Waals surface area contributed by atoms with Gasteiger partial charge in [0.25, 0.3) is 5.91 Å². The van der Waals surface area contributed by atoms with Crippen LogP contribution in [0.5, 0.6) is 5.75 Å². The summed E-state index contributed by atoms with van der Waals surface area (Å²) in [6.45, 7) is 3.49. The monoisotopic (exact) mass is 478 g/mol. The van der Waals surface area contributed by atoms with Gasteiger partial charge in [-0.05, 0) is 66.9 Å². The van der Waals surface area contributed by atoms with Gasteiger partial charge in [0, 0.05) is 16.4 Å². The number of halogens is 1. The normalized spacial score (nSPS) is 10.6. The van der Waals surface area contributed by atoms with Gasteiger partial charge in [-0.1, -0.05) is 41.9 Å². The maximum Gasteiger partial charge on any atom is 0.329 e. The zero-order chi connectivity index (χ0) is 24.5. The fraction of sp³-hybridized carbons (Fsp3) is 0.120. The number of nitrogens with one attached hydrogen (secondary N) is 3. The van der Waals surface area contributed by atoms with Crippen LogP contribution in [0.15, 0.2) is 71.8 Å². The minimum Gasteiger partial charge on any atom is -0.484 e. The van der Waals surface area contributed by atoms with Crippen molar-refractivity contribution in [2.75, 3.05) is 17.2 Å². The molecule has 0 aliphatic rings. The molecule has 8 nitrogen and oxygen atoms in total. The van der Waals surface area contributed by atoms with Gasteiger partial charge in [0.1, 0.15) is 5.75 Å². The molecule has 3 N–H and O–H groups in total. The van der Waals surface area contributed by atoms with Gasteiger partial charge < -0.3 is 15.4 Å². The van der Waals surface area contributed by atoms with Crippen molar-refractivity contribution in [2.45, 2.75) is 13.8 Å². The smallest absolute Gasteiger partial charge is 0.329 e. The van der Waals surface area contributed by atoms with E-state index >= 15 is 0 Å². The van der Waals surface area contributed by atoms with E-state index in [1.165, 1.54) is 6.21 Å². The van der Waals surface area contributed by atoms with Crippen molar-refractivity contribution in [3.05, 3.63) is 88.4 Å². The Bertz CT molecular complexity index is 1240. The third-order valence-electron chi connectivity index (χ3n) is 4.63. The van der Waals surface area contributed by atoms with Crippen molar-refractivity contribution < 1.29 is 19.1 Å². The van der Waals surface area contributed by atoms with E-state index in [0.717, 1.165) is 11.1 Å². The summed E-state index contributed by atoms with van der Waals surface area (Å²) in [5.74, 6) is -1.64. The number of benzene rings is 3. The van der Waals surface area contributed by atoms with E-state index in [4.69, 9.17) is 16.3 Å². The summed E-state index contributed by atoms with van der Waals surface area (Å²) in [7, 11) is 0. The van der Waals surface area contributed by atoms with Crippen LogP contribution in [-0.2, 0) is 14.4 Å². The predicted molar refractivity (Wildman–Crippen MR) is 132 cm³/mol. The van der Waals surface area contributed by atoms with E-state index in [1.807, 2.05) is 19.9 Å². The quantitative estimate of drug-likeness (QED) is 0.270. The van der Waals surface area contributed by atoms with Crippen molar-refractivity contribution in [3.63, 3.8) is 0 Å². The van der Waals surface area contributed by atoms with Crippen molar-refractivity contribution >= 4 is 46.9 Å². The summed E-state index contributed by atoms with van der Waals surface area (Å²) in [6, 6.07) is 19.1. The minimum atomic E-state index is -0.904. The fourth-order valence-corrected chi connectivity index (χ4v) is 3.06. The van der Waals surface area contributed by atoms with Crippen molar-refractivity contribution in [3.8, 4) is 5.75 Å². The average molecular weight is 479 g/mol. The van der Waals surface area contributed by atoms with Gasteiger partial charge >= 0.3 is 11.8 Å². The molecular formula is C25H23ClN4O4. The maximum atomic E-state index is 12.2. The second kappa shape index (κ2) is 11.6. The molecule has 0 spiro atoms. The van der Waals surface area contributed by atoms with Crippen LogP contribution < -0.4 is 20.8 Å². The fourth-order valence-electron chi connectivity index (χ4n) is 2.89. The van der Waals surface area contributed by atoms with Crippen LogP contribution in [0.25, 0.3) is 0 Å². The lowest BCUT2D eigenvalue weighted by Gasteiger charge is -2.10. The second-order valence-corrected chi connectivity index (χ2v) is 7.75. The van der Waals surface area contributed by atoms with E-state index < -0.39 is 11.8 Å². The maximum absolute atomic E-state index is 12.2. The molecule has 3 rings (SSSR count). The molecule has 0 atom stereocenters. The number of aryl methyl sites for hydroxylation is 1. The first kappa shape index (κ1) is 24.5. The molecule has 0 aliphatic heterocycles. The molecule has 3 aromatic carbocycles. The number of hydrogen-bond donors (Lipinski definition) is 3. The predicted octanol–water partition coefficient (Wildman–Crippen LogP) is 4.06. The van der Waals surface area contributed by atoms with Gasteiger partial charge in [-0.3, -0.25) is 14.4 Å². The zero-order valence-electron chi connectivity index (χ0n) is 18.6.